The first-order valence-electron chi connectivity index (χ1n) is 5.54. The summed E-state index contributed by atoms with van der Waals surface area (Å²) < 4.78 is 18.7. The van der Waals surface area contributed by atoms with Gasteiger partial charge in [0, 0.05) is 5.56 Å². The number of halogens is 2. The molecule has 0 aliphatic rings. The van der Waals surface area contributed by atoms with E-state index in [2.05, 4.69) is 9.97 Å². The number of rotatable bonds is 3. The minimum absolute atomic E-state index is 0.161. The third-order valence-corrected chi connectivity index (χ3v) is 2.65. The van der Waals surface area contributed by atoms with Crippen LogP contribution in [0.2, 0.25) is 5.15 Å². The normalized spacial score (nSPS) is 10.4. The van der Waals surface area contributed by atoms with Gasteiger partial charge in [0.1, 0.15) is 5.75 Å². The molecule has 0 spiro atoms. The van der Waals surface area contributed by atoms with E-state index >= 15 is 0 Å². The van der Waals surface area contributed by atoms with Gasteiger partial charge in [-0.1, -0.05) is 11.6 Å². The summed E-state index contributed by atoms with van der Waals surface area (Å²) >= 11 is 5.70. The van der Waals surface area contributed by atoms with Gasteiger partial charge in [-0.3, -0.25) is 0 Å². The Bertz CT molecular complexity index is 534. The SMILES string of the molecule is CCOc1ccc(-c2nc(C)c(F)c(Cl)n2)cc1. The Morgan fingerprint density at radius 3 is 2.44 bits per heavy atom. The maximum atomic E-state index is 13.3. The van der Waals surface area contributed by atoms with Crippen molar-refractivity contribution < 1.29 is 9.13 Å². The zero-order valence-corrected chi connectivity index (χ0v) is 10.8. The molecular formula is C13H12ClFN2O. The van der Waals surface area contributed by atoms with Crippen molar-refractivity contribution in [1.29, 1.82) is 0 Å². The second-order valence-corrected chi connectivity index (χ2v) is 4.05. The van der Waals surface area contributed by atoms with Gasteiger partial charge in [0.25, 0.3) is 0 Å². The zero-order chi connectivity index (χ0) is 13.1. The predicted octanol–water partition coefficient (Wildman–Crippen LogP) is 3.64. The summed E-state index contributed by atoms with van der Waals surface area (Å²) in [6.45, 7) is 4.08. The van der Waals surface area contributed by atoms with Gasteiger partial charge >= 0.3 is 0 Å². The van der Waals surface area contributed by atoms with Gasteiger partial charge in [0.15, 0.2) is 16.8 Å². The number of aromatic nitrogens is 2. The van der Waals surface area contributed by atoms with Crippen LogP contribution < -0.4 is 4.74 Å². The van der Waals surface area contributed by atoms with Crippen LogP contribution in [-0.2, 0) is 0 Å². The van der Waals surface area contributed by atoms with Crippen LogP contribution in [0.4, 0.5) is 4.39 Å². The third kappa shape index (κ3) is 2.59. The molecule has 0 radical (unpaired) electrons. The molecule has 1 aromatic heterocycles. The summed E-state index contributed by atoms with van der Waals surface area (Å²) in [5, 5.41) is -0.161. The van der Waals surface area contributed by atoms with E-state index in [1.165, 1.54) is 0 Å². The summed E-state index contributed by atoms with van der Waals surface area (Å²) in [5.74, 6) is 0.597. The van der Waals surface area contributed by atoms with Gasteiger partial charge in [-0.2, -0.15) is 0 Å². The molecule has 18 heavy (non-hydrogen) atoms. The third-order valence-electron chi connectivity index (χ3n) is 2.40. The maximum absolute atomic E-state index is 13.3. The van der Waals surface area contributed by atoms with E-state index in [1.54, 1.807) is 6.92 Å². The van der Waals surface area contributed by atoms with Crippen LogP contribution in [0.25, 0.3) is 11.4 Å². The van der Waals surface area contributed by atoms with Crippen molar-refractivity contribution in [3.63, 3.8) is 0 Å². The highest BCUT2D eigenvalue weighted by molar-refractivity contribution is 6.29. The number of hydrogen-bond donors (Lipinski definition) is 0. The van der Waals surface area contributed by atoms with Crippen LogP contribution in [0, 0.1) is 12.7 Å². The maximum Gasteiger partial charge on any atom is 0.181 e. The van der Waals surface area contributed by atoms with Gasteiger partial charge in [-0.05, 0) is 38.1 Å². The topological polar surface area (TPSA) is 35.0 Å². The summed E-state index contributed by atoms with van der Waals surface area (Å²) in [6.07, 6.45) is 0. The first-order valence-corrected chi connectivity index (χ1v) is 5.92. The fourth-order valence-corrected chi connectivity index (χ4v) is 1.74. The number of ether oxygens (including phenoxy) is 1. The van der Waals surface area contributed by atoms with Crippen molar-refractivity contribution in [2.75, 3.05) is 6.61 Å². The average molecular weight is 267 g/mol. The number of benzene rings is 1. The Hall–Kier alpha value is -1.68. The highest BCUT2D eigenvalue weighted by Crippen LogP contribution is 2.23. The quantitative estimate of drug-likeness (QED) is 0.796. The molecule has 0 saturated heterocycles. The van der Waals surface area contributed by atoms with Gasteiger partial charge < -0.3 is 4.74 Å². The molecule has 1 heterocycles. The highest BCUT2D eigenvalue weighted by atomic mass is 35.5. The van der Waals surface area contributed by atoms with Crippen LogP contribution in [0.3, 0.4) is 0 Å². The number of nitrogens with zero attached hydrogens (tertiary/aromatic N) is 2. The fraction of sp³-hybridized carbons (Fsp3) is 0.231. The van der Waals surface area contributed by atoms with E-state index in [0.717, 1.165) is 11.3 Å². The lowest BCUT2D eigenvalue weighted by Gasteiger charge is -2.06. The largest absolute Gasteiger partial charge is 0.494 e. The van der Waals surface area contributed by atoms with E-state index in [4.69, 9.17) is 16.3 Å². The van der Waals surface area contributed by atoms with Crippen molar-refractivity contribution in [2.24, 2.45) is 0 Å². The van der Waals surface area contributed by atoms with Crippen LogP contribution in [0.15, 0.2) is 24.3 Å². The molecular weight excluding hydrogens is 255 g/mol. The lowest BCUT2D eigenvalue weighted by Crippen LogP contribution is -1.97. The molecule has 0 aliphatic heterocycles. The monoisotopic (exact) mass is 266 g/mol. The molecule has 1 aromatic carbocycles. The Kier molecular flexibility index (Phi) is 3.77. The van der Waals surface area contributed by atoms with Crippen molar-refractivity contribution >= 4 is 11.6 Å². The standard InChI is InChI=1S/C13H12ClFN2O/c1-3-18-10-6-4-9(5-7-10)13-16-8(2)11(15)12(14)17-13/h4-7H,3H2,1-2H3. The molecule has 0 saturated carbocycles. The second kappa shape index (κ2) is 5.31. The summed E-state index contributed by atoms with van der Waals surface area (Å²) in [5.41, 5.74) is 1.00. The molecule has 0 unspecified atom stereocenters. The van der Waals surface area contributed by atoms with Crippen LogP contribution in [0.1, 0.15) is 12.6 Å². The minimum atomic E-state index is -0.577. The smallest absolute Gasteiger partial charge is 0.181 e. The lowest BCUT2D eigenvalue weighted by molar-refractivity contribution is 0.340. The van der Waals surface area contributed by atoms with Crippen molar-refractivity contribution in [1.82, 2.24) is 9.97 Å². The van der Waals surface area contributed by atoms with Crippen LogP contribution in [0.5, 0.6) is 5.75 Å². The van der Waals surface area contributed by atoms with E-state index in [1.807, 2.05) is 31.2 Å². The minimum Gasteiger partial charge on any atom is -0.494 e. The Balaban J connectivity index is 2.36. The molecule has 0 amide bonds. The van der Waals surface area contributed by atoms with Gasteiger partial charge in [0.05, 0.1) is 12.3 Å². The molecule has 5 heteroatoms. The zero-order valence-electron chi connectivity index (χ0n) is 10.1. The predicted molar refractivity (Wildman–Crippen MR) is 68.3 cm³/mol. The molecule has 2 rings (SSSR count). The first kappa shape index (κ1) is 12.8. The van der Waals surface area contributed by atoms with E-state index in [0.29, 0.717) is 12.4 Å². The molecule has 0 aliphatic carbocycles. The molecule has 2 aromatic rings. The highest BCUT2D eigenvalue weighted by Gasteiger charge is 2.10. The van der Waals surface area contributed by atoms with Gasteiger partial charge in [-0.15, -0.1) is 0 Å². The Morgan fingerprint density at radius 2 is 1.89 bits per heavy atom. The Morgan fingerprint density at radius 1 is 1.22 bits per heavy atom. The number of aryl methyl sites for hydroxylation is 1. The van der Waals surface area contributed by atoms with E-state index < -0.39 is 5.82 Å². The van der Waals surface area contributed by atoms with E-state index in [9.17, 15) is 4.39 Å². The average Bonchev–Trinajstić information content (AvgIpc) is 2.37. The molecule has 3 nitrogen and oxygen atoms in total. The molecule has 0 fully saturated rings. The lowest BCUT2D eigenvalue weighted by atomic mass is 10.2. The fourth-order valence-electron chi connectivity index (χ4n) is 1.52. The van der Waals surface area contributed by atoms with Gasteiger partial charge in [-0.25, -0.2) is 14.4 Å². The molecule has 0 bridgehead atoms. The summed E-state index contributed by atoms with van der Waals surface area (Å²) in [7, 11) is 0. The van der Waals surface area contributed by atoms with Crippen molar-refractivity contribution in [3.05, 3.63) is 40.9 Å². The molecule has 0 N–H and O–H groups in total. The van der Waals surface area contributed by atoms with Crippen molar-refractivity contribution in [2.45, 2.75) is 13.8 Å². The molecule has 0 atom stereocenters. The summed E-state index contributed by atoms with van der Waals surface area (Å²) in [4.78, 5) is 7.99. The number of hydrogen-bond acceptors (Lipinski definition) is 3. The van der Waals surface area contributed by atoms with Crippen molar-refractivity contribution in [3.8, 4) is 17.1 Å². The second-order valence-electron chi connectivity index (χ2n) is 3.69. The molecule has 94 valence electrons. The summed E-state index contributed by atoms with van der Waals surface area (Å²) in [6, 6.07) is 7.26. The van der Waals surface area contributed by atoms with Crippen LogP contribution >= 0.6 is 11.6 Å². The van der Waals surface area contributed by atoms with E-state index in [-0.39, 0.29) is 10.8 Å². The van der Waals surface area contributed by atoms with Gasteiger partial charge in [0.2, 0.25) is 0 Å². The first-order chi connectivity index (χ1) is 8.61. The Labute approximate surface area is 110 Å². The van der Waals surface area contributed by atoms with Crippen LogP contribution in [-0.4, -0.2) is 16.6 Å².